The standard InChI is InChI=1S/C11H10O3S/c1-7-6-15-10-3-2-8(4-9(7)10)14-5-11(12)13/h2-4,6H,5H2,1H3,(H,12,13). The van der Waals surface area contributed by atoms with Crippen molar-refractivity contribution in [3.63, 3.8) is 0 Å². The van der Waals surface area contributed by atoms with Crippen LogP contribution in [0.5, 0.6) is 5.75 Å². The quantitative estimate of drug-likeness (QED) is 0.868. The molecule has 4 heteroatoms. The summed E-state index contributed by atoms with van der Waals surface area (Å²) in [6.07, 6.45) is 0. The average molecular weight is 222 g/mol. The van der Waals surface area contributed by atoms with E-state index in [-0.39, 0.29) is 6.61 Å². The molecular formula is C11H10O3S. The summed E-state index contributed by atoms with van der Waals surface area (Å²) in [5.41, 5.74) is 1.19. The van der Waals surface area contributed by atoms with E-state index in [9.17, 15) is 4.79 Å². The second-order valence-electron chi connectivity index (χ2n) is 3.26. The lowest BCUT2D eigenvalue weighted by Crippen LogP contribution is -2.09. The lowest BCUT2D eigenvalue weighted by atomic mass is 10.2. The molecule has 0 spiro atoms. The zero-order chi connectivity index (χ0) is 10.8. The van der Waals surface area contributed by atoms with Crippen LogP contribution in [0.1, 0.15) is 5.56 Å². The van der Waals surface area contributed by atoms with Gasteiger partial charge in [0.15, 0.2) is 6.61 Å². The maximum atomic E-state index is 10.3. The monoisotopic (exact) mass is 222 g/mol. The molecule has 1 heterocycles. The van der Waals surface area contributed by atoms with Crippen LogP contribution in [0.2, 0.25) is 0 Å². The van der Waals surface area contributed by atoms with Crippen molar-refractivity contribution < 1.29 is 14.6 Å². The molecule has 2 aromatic rings. The third-order valence-corrected chi connectivity index (χ3v) is 3.18. The summed E-state index contributed by atoms with van der Waals surface area (Å²) in [7, 11) is 0. The third kappa shape index (κ3) is 2.10. The van der Waals surface area contributed by atoms with Crippen LogP contribution >= 0.6 is 11.3 Å². The second-order valence-corrected chi connectivity index (χ2v) is 4.17. The number of hydrogen-bond acceptors (Lipinski definition) is 3. The summed E-state index contributed by atoms with van der Waals surface area (Å²) in [6, 6.07) is 5.62. The predicted octanol–water partition coefficient (Wildman–Crippen LogP) is 2.67. The summed E-state index contributed by atoms with van der Waals surface area (Å²) < 4.78 is 6.29. The number of carboxylic acids is 1. The maximum Gasteiger partial charge on any atom is 0.341 e. The molecule has 1 N–H and O–H groups in total. The number of fused-ring (bicyclic) bond motifs is 1. The minimum Gasteiger partial charge on any atom is -0.482 e. The molecule has 0 unspecified atom stereocenters. The number of thiophene rings is 1. The minimum absolute atomic E-state index is 0.297. The van der Waals surface area contributed by atoms with Crippen molar-refractivity contribution in [2.45, 2.75) is 6.92 Å². The van der Waals surface area contributed by atoms with Crippen molar-refractivity contribution in [3.05, 3.63) is 29.1 Å². The van der Waals surface area contributed by atoms with E-state index in [1.165, 1.54) is 10.3 Å². The molecule has 0 bridgehead atoms. The van der Waals surface area contributed by atoms with E-state index >= 15 is 0 Å². The van der Waals surface area contributed by atoms with Gasteiger partial charge < -0.3 is 9.84 Å². The highest BCUT2D eigenvalue weighted by Crippen LogP contribution is 2.28. The number of carbonyl (C=O) groups is 1. The molecule has 0 atom stereocenters. The van der Waals surface area contributed by atoms with Gasteiger partial charge in [-0.2, -0.15) is 0 Å². The molecule has 2 rings (SSSR count). The summed E-state index contributed by atoms with van der Waals surface area (Å²) in [4.78, 5) is 10.3. The smallest absolute Gasteiger partial charge is 0.341 e. The SMILES string of the molecule is Cc1csc2ccc(OCC(=O)O)cc12. The first-order valence-corrected chi connectivity index (χ1v) is 5.37. The lowest BCUT2D eigenvalue weighted by Gasteiger charge is -2.02. The average Bonchev–Trinajstić information content (AvgIpc) is 2.57. The first kappa shape index (κ1) is 9.98. The van der Waals surface area contributed by atoms with Crippen molar-refractivity contribution in [1.29, 1.82) is 0 Å². The zero-order valence-electron chi connectivity index (χ0n) is 8.19. The Bertz CT molecular complexity index is 502. The van der Waals surface area contributed by atoms with Crippen molar-refractivity contribution >= 4 is 27.4 Å². The Kier molecular flexibility index (Phi) is 2.60. The molecule has 3 nitrogen and oxygen atoms in total. The Morgan fingerprint density at radius 2 is 2.33 bits per heavy atom. The summed E-state index contributed by atoms with van der Waals surface area (Å²) in [6.45, 7) is 1.73. The number of aryl methyl sites for hydroxylation is 1. The van der Waals surface area contributed by atoms with Crippen LogP contribution < -0.4 is 4.74 Å². The number of carboxylic acid groups (broad SMARTS) is 1. The van der Waals surface area contributed by atoms with Gasteiger partial charge in [-0.05, 0) is 41.5 Å². The molecule has 0 aliphatic rings. The molecular weight excluding hydrogens is 212 g/mol. The van der Waals surface area contributed by atoms with Crippen LogP contribution in [0.25, 0.3) is 10.1 Å². The Morgan fingerprint density at radius 1 is 1.53 bits per heavy atom. The molecule has 78 valence electrons. The zero-order valence-corrected chi connectivity index (χ0v) is 9.00. The van der Waals surface area contributed by atoms with E-state index in [2.05, 4.69) is 5.38 Å². The predicted molar refractivity (Wildman–Crippen MR) is 59.7 cm³/mol. The van der Waals surface area contributed by atoms with Crippen molar-refractivity contribution in [3.8, 4) is 5.75 Å². The Morgan fingerprint density at radius 3 is 3.07 bits per heavy atom. The Balaban J connectivity index is 2.29. The summed E-state index contributed by atoms with van der Waals surface area (Å²) >= 11 is 1.68. The highest BCUT2D eigenvalue weighted by Gasteiger charge is 2.03. The largest absolute Gasteiger partial charge is 0.482 e. The van der Waals surface area contributed by atoms with E-state index in [0.717, 1.165) is 5.39 Å². The van der Waals surface area contributed by atoms with E-state index in [1.807, 2.05) is 19.1 Å². The van der Waals surface area contributed by atoms with Crippen molar-refractivity contribution in [2.75, 3.05) is 6.61 Å². The van der Waals surface area contributed by atoms with Gasteiger partial charge in [-0.25, -0.2) is 4.79 Å². The first-order chi connectivity index (χ1) is 7.16. The van der Waals surface area contributed by atoms with Gasteiger partial charge in [0, 0.05) is 4.70 Å². The van der Waals surface area contributed by atoms with Crippen LogP contribution in [0.4, 0.5) is 0 Å². The van der Waals surface area contributed by atoms with Gasteiger partial charge in [0.05, 0.1) is 0 Å². The van der Waals surface area contributed by atoms with Crippen LogP contribution in [0, 0.1) is 6.92 Å². The second kappa shape index (κ2) is 3.90. The van der Waals surface area contributed by atoms with Crippen LogP contribution in [0.15, 0.2) is 23.6 Å². The summed E-state index contributed by atoms with van der Waals surface area (Å²) in [5, 5.41) is 11.7. The molecule has 0 amide bonds. The molecule has 1 aromatic heterocycles. The van der Waals surface area contributed by atoms with Gasteiger partial charge in [-0.1, -0.05) is 0 Å². The highest BCUT2D eigenvalue weighted by atomic mass is 32.1. The summed E-state index contributed by atoms with van der Waals surface area (Å²) in [5.74, 6) is -0.358. The lowest BCUT2D eigenvalue weighted by molar-refractivity contribution is -0.139. The number of hydrogen-bond donors (Lipinski definition) is 1. The van der Waals surface area contributed by atoms with Crippen LogP contribution in [-0.4, -0.2) is 17.7 Å². The number of rotatable bonds is 3. The molecule has 0 fully saturated rings. The van der Waals surface area contributed by atoms with Gasteiger partial charge in [0.1, 0.15) is 5.75 Å². The number of benzene rings is 1. The van der Waals surface area contributed by atoms with E-state index in [4.69, 9.17) is 9.84 Å². The van der Waals surface area contributed by atoms with Crippen molar-refractivity contribution in [1.82, 2.24) is 0 Å². The molecule has 0 aliphatic carbocycles. The Hall–Kier alpha value is -1.55. The van der Waals surface area contributed by atoms with E-state index < -0.39 is 5.97 Å². The number of ether oxygens (including phenoxy) is 1. The highest BCUT2D eigenvalue weighted by molar-refractivity contribution is 7.17. The topological polar surface area (TPSA) is 46.5 Å². The molecule has 0 aliphatic heterocycles. The van der Waals surface area contributed by atoms with Gasteiger partial charge in [0.25, 0.3) is 0 Å². The van der Waals surface area contributed by atoms with E-state index in [0.29, 0.717) is 5.75 Å². The minimum atomic E-state index is -0.961. The molecule has 0 saturated carbocycles. The Labute approximate surface area is 90.9 Å². The molecule has 15 heavy (non-hydrogen) atoms. The first-order valence-electron chi connectivity index (χ1n) is 4.49. The fourth-order valence-electron chi connectivity index (χ4n) is 1.37. The normalized spacial score (nSPS) is 10.5. The third-order valence-electron chi connectivity index (χ3n) is 2.10. The van der Waals surface area contributed by atoms with Gasteiger partial charge in [-0.15, -0.1) is 11.3 Å². The van der Waals surface area contributed by atoms with E-state index in [1.54, 1.807) is 17.4 Å². The van der Waals surface area contributed by atoms with Gasteiger partial charge in [-0.3, -0.25) is 0 Å². The van der Waals surface area contributed by atoms with Crippen molar-refractivity contribution in [2.24, 2.45) is 0 Å². The van der Waals surface area contributed by atoms with Gasteiger partial charge in [0.2, 0.25) is 0 Å². The van der Waals surface area contributed by atoms with Gasteiger partial charge >= 0.3 is 5.97 Å². The van der Waals surface area contributed by atoms with Crippen LogP contribution in [-0.2, 0) is 4.79 Å². The molecule has 0 radical (unpaired) electrons. The fourth-order valence-corrected chi connectivity index (χ4v) is 2.29. The fraction of sp³-hybridized carbons (Fsp3) is 0.182. The number of aliphatic carboxylic acids is 1. The molecule has 1 aromatic carbocycles. The van der Waals surface area contributed by atoms with Crippen LogP contribution in [0.3, 0.4) is 0 Å². The maximum absolute atomic E-state index is 10.3. The molecule has 0 saturated heterocycles.